The molecule has 90 valence electrons. The normalized spacial score (nSPS) is 13.7. The highest BCUT2D eigenvalue weighted by Crippen LogP contribution is 2.38. The van der Waals surface area contributed by atoms with Crippen LogP contribution >= 0.6 is 7.82 Å². The monoisotopic (exact) mass is 239 g/mol. The summed E-state index contributed by atoms with van der Waals surface area (Å²) in [7, 11) is -1.57. The molecule has 7 heteroatoms. The molecule has 0 saturated carbocycles. The first-order chi connectivity index (χ1) is 6.78. The summed E-state index contributed by atoms with van der Waals surface area (Å²) in [6, 6.07) is 0. The third kappa shape index (κ3) is 6.62. The van der Waals surface area contributed by atoms with Crippen molar-refractivity contribution in [2.75, 3.05) is 14.1 Å². The summed E-state index contributed by atoms with van der Waals surface area (Å²) in [5, 5.41) is 0. The Morgan fingerprint density at radius 1 is 1.47 bits per heavy atom. The molecule has 0 bridgehead atoms. The second-order valence-corrected chi connectivity index (χ2v) is 4.65. The minimum atomic E-state index is -4.60. The number of unbranched alkanes of at least 4 members (excludes halogenated alkanes) is 1. The SMILES string of the molecule is CCCCC(OP(=O)(O)O)C(=O)N(C)C. The Morgan fingerprint density at radius 3 is 2.33 bits per heavy atom. The van der Waals surface area contributed by atoms with Crippen LogP contribution in [0.1, 0.15) is 26.2 Å². The Bertz CT molecular complexity index is 249. The lowest BCUT2D eigenvalue weighted by Crippen LogP contribution is -2.35. The topological polar surface area (TPSA) is 87.1 Å². The lowest BCUT2D eigenvalue weighted by molar-refractivity contribution is -0.137. The van der Waals surface area contributed by atoms with Gasteiger partial charge in [-0.1, -0.05) is 19.8 Å². The Morgan fingerprint density at radius 2 is 2.00 bits per heavy atom. The van der Waals surface area contributed by atoms with E-state index in [0.717, 1.165) is 6.42 Å². The van der Waals surface area contributed by atoms with Crippen molar-refractivity contribution >= 4 is 13.7 Å². The van der Waals surface area contributed by atoms with E-state index in [4.69, 9.17) is 9.79 Å². The smallest absolute Gasteiger partial charge is 0.347 e. The summed E-state index contributed by atoms with van der Waals surface area (Å²) >= 11 is 0. The first kappa shape index (κ1) is 14.6. The number of nitrogens with zero attached hydrogens (tertiary/aromatic N) is 1. The molecule has 0 fully saturated rings. The summed E-state index contributed by atoms with van der Waals surface area (Å²) in [6.45, 7) is 1.93. The molecule has 0 aliphatic rings. The van der Waals surface area contributed by atoms with Gasteiger partial charge >= 0.3 is 7.82 Å². The average molecular weight is 239 g/mol. The summed E-state index contributed by atoms with van der Waals surface area (Å²) in [5.41, 5.74) is 0. The zero-order chi connectivity index (χ0) is 12.1. The van der Waals surface area contributed by atoms with Gasteiger partial charge in [0.1, 0.15) is 6.10 Å². The van der Waals surface area contributed by atoms with E-state index in [1.54, 1.807) is 0 Å². The van der Waals surface area contributed by atoms with E-state index in [2.05, 4.69) is 4.52 Å². The Balaban J connectivity index is 4.44. The minimum absolute atomic E-state index is 0.318. The van der Waals surface area contributed by atoms with Crippen molar-refractivity contribution in [2.45, 2.75) is 32.3 Å². The molecular formula is C8H18NO5P. The first-order valence-electron chi connectivity index (χ1n) is 4.73. The van der Waals surface area contributed by atoms with Gasteiger partial charge < -0.3 is 14.7 Å². The van der Waals surface area contributed by atoms with E-state index in [0.29, 0.717) is 12.8 Å². The molecule has 0 radical (unpaired) electrons. The maximum Gasteiger partial charge on any atom is 0.470 e. The molecule has 2 N–H and O–H groups in total. The average Bonchev–Trinajstić information content (AvgIpc) is 2.09. The van der Waals surface area contributed by atoms with Crippen LogP contribution in [0.25, 0.3) is 0 Å². The fourth-order valence-corrected chi connectivity index (χ4v) is 1.59. The number of hydrogen-bond donors (Lipinski definition) is 2. The molecular weight excluding hydrogens is 221 g/mol. The molecule has 1 atom stereocenters. The van der Waals surface area contributed by atoms with Crippen molar-refractivity contribution in [2.24, 2.45) is 0 Å². The number of carbonyl (C=O) groups is 1. The highest BCUT2D eigenvalue weighted by Gasteiger charge is 2.28. The molecule has 6 nitrogen and oxygen atoms in total. The number of phosphoric ester groups is 1. The molecule has 0 aliphatic carbocycles. The Hall–Kier alpha value is -0.420. The van der Waals surface area contributed by atoms with Crippen LogP contribution in [0.15, 0.2) is 0 Å². The van der Waals surface area contributed by atoms with Crippen LogP contribution in [0.3, 0.4) is 0 Å². The van der Waals surface area contributed by atoms with E-state index >= 15 is 0 Å². The Labute approximate surface area is 89.5 Å². The van der Waals surface area contributed by atoms with E-state index in [1.807, 2.05) is 6.92 Å². The van der Waals surface area contributed by atoms with Gasteiger partial charge in [-0.05, 0) is 6.42 Å². The van der Waals surface area contributed by atoms with Crippen molar-refractivity contribution in [3.8, 4) is 0 Å². The number of hydrogen-bond acceptors (Lipinski definition) is 3. The largest absolute Gasteiger partial charge is 0.470 e. The van der Waals surface area contributed by atoms with Crippen LogP contribution < -0.4 is 0 Å². The highest BCUT2D eigenvalue weighted by molar-refractivity contribution is 7.46. The van der Waals surface area contributed by atoms with Crippen LogP contribution in [0, 0.1) is 0 Å². The van der Waals surface area contributed by atoms with Crippen molar-refractivity contribution < 1.29 is 23.7 Å². The fraction of sp³-hybridized carbons (Fsp3) is 0.875. The van der Waals surface area contributed by atoms with Gasteiger partial charge in [0.2, 0.25) is 0 Å². The van der Waals surface area contributed by atoms with Crippen LogP contribution in [-0.2, 0) is 13.9 Å². The van der Waals surface area contributed by atoms with E-state index in [1.165, 1.54) is 19.0 Å². The van der Waals surface area contributed by atoms with Crippen LogP contribution in [0.5, 0.6) is 0 Å². The van der Waals surface area contributed by atoms with Crippen molar-refractivity contribution in [1.29, 1.82) is 0 Å². The first-order valence-corrected chi connectivity index (χ1v) is 6.26. The minimum Gasteiger partial charge on any atom is -0.347 e. The summed E-state index contributed by atoms with van der Waals surface area (Å²) in [4.78, 5) is 30.0. The van der Waals surface area contributed by atoms with Crippen LogP contribution in [0.4, 0.5) is 0 Å². The summed E-state index contributed by atoms with van der Waals surface area (Å²) < 4.78 is 15.1. The van der Waals surface area contributed by atoms with Gasteiger partial charge in [-0.3, -0.25) is 9.32 Å². The second-order valence-electron chi connectivity index (χ2n) is 3.46. The lowest BCUT2D eigenvalue weighted by atomic mass is 10.1. The fourth-order valence-electron chi connectivity index (χ4n) is 1.06. The summed E-state index contributed by atoms with van der Waals surface area (Å²) in [6.07, 6.45) is 0.783. The van der Waals surface area contributed by atoms with E-state index < -0.39 is 19.8 Å². The number of amides is 1. The molecule has 0 spiro atoms. The predicted molar refractivity (Wildman–Crippen MR) is 55.1 cm³/mol. The molecule has 0 aromatic heterocycles. The molecule has 15 heavy (non-hydrogen) atoms. The molecule has 0 aliphatic heterocycles. The molecule has 0 saturated heterocycles. The predicted octanol–water partition coefficient (Wildman–Crippen LogP) is 0.743. The maximum absolute atomic E-state index is 11.5. The van der Waals surface area contributed by atoms with Gasteiger partial charge in [-0.15, -0.1) is 0 Å². The second kappa shape index (κ2) is 6.23. The zero-order valence-electron chi connectivity index (χ0n) is 9.21. The van der Waals surface area contributed by atoms with Gasteiger partial charge in [0.05, 0.1) is 0 Å². The summed E-state index contributed by atoms with van der Waals surface area (Å²) in [5.74, 6) is -0.424. The van der Waals surface area contributed by atoms with Crippen LogP contribution in [0.2, 0.25) is 0 Å². The lowest BCUT2D eigenvalue weighted by Gasteiger charge is -2.20. The van der Waals surface area contributed by atoms with Gasteiger partial charge in [0, 0.05) is 14.1 Å². The number of carbonyl (C=O) groups excluding carboxylic acids is 1. The quantitative estimate of drug-likeness (QED) is 0.667. The van der Waals surface area contributed by atoms with E-state index in [-0.39, 0.29) is 0 Å². The third-order valence-electron chi connectivity index (χ3n) is 1.80. The molecule has 1 amide bonds. The molecule has 0 heterocycles. The number of phosphoric acid groups is 1. The molecule has 0 aromatic carbocycles. The van der Waals surface area contributed by atoms with Crippen LogP contribution in [-0.4, -0.2) is 40.8 Å². The molecule has 0 rings (SSSR count). The number of rotatable bonds is 6. The van der Waals surface area contributed by atoms with Gasteiger partial charge in [-0.25, -0.2) is 4.57 Å². The zero-order valence-corrected chi connectivity index (χ0v) is 10.1. The standard InChI is InChI=1S/C8H18NO5P/c1-4-5-6-7(8(10)9(2)3)14-15(11,12)13/h7H,4-6H2,1-3H3,(H2,11,12,13). The van der Waals surface area contributed by atoms with Crippen molar-refractivity contribution in [3.05, 3.63) is 0 Å². The van der Waals surface area contributed by atoms with Crippen molar-refractivity contribution in [1.82, 2.24) is 4.90 Å². The number of likely N-dealkylation sites (N-methyl/N-ethyl adjacent to an activating group) is 1. The highest BCUT2D eigenvalue weighted by atomic mass is 31.2. The van der Waals surface area contributed by atoms with Gasteiger partial charge in [0.25, 0.3) is 5.91 Å². The van der Waals surface area contributed by atoms with E-state index in [9.17, 15) is 9.36 Å². The molecule has 0 aromatic rings. The van der Waals surface area contributed by atoms with Gasteiger partial charge in [0.15, 0.2) is 0 Å². The maximum atomic E-state index is 11.5. The third-order valence-corrected chi connectivity index (χ3v) is 2.33. The molecule has 1 unspecified atom stereocenters. The Kier molecular flexibility index (Phi) is 6.05. The van der Waals surface area contributed by atoms with Crippen molar-refractivity contribution in [3.63, 3.8) is 0 Å². The van der Waals surface area contributed by atoms with Gasteiger partial charge in [-0.2, -0.15) is 0 Å².